The van der Waals surface area contributed by atoms with Gasteiger partial charge in [-0.3, -0.25) is 9.00 Å². The Morgan fingerprint density at radius 3 is 2.57 bits per heavy atom. The average Bonchev–Trinajstić information content (AvgIpc) is 2.79. The molecule has 1 aromatic heterocycles. The number of aromatic nitrogens is 1. The Morgan fingerprint density at radius 2 is 2.00 bits per heavy atom. The van der Waals surface area contributed by atoms with Gasteiger partial charge in [-0.1, -0.05) is 23.4 Å². The highest BCUT2D eigenvalue weighted by atomic mass is 32.2. The van der Waals surface area contributed by atoms with Gasteiger partial charge in [0.05, 0.1) is 11.4 Å². The summed E-state index contributed by atoms with van der Waals surface area (Å²) in [5.74, 6) is 0.660. The monoisotopic (exact) mass is 306 g/mol. The topological polar surface area (TPSA) is 72.2 Å². The first kappa shape index (κ1) is 15.4. The number of aryl methyl sites for hydroxylation is 2. The number of para-hydroxylation sites is 1. The van der Waals surface area contributed by atoms with E-state index in [1.54, 1.807) is 32.9 Å². The normalized spacial score (nSPS) is 13.7. The SMILES string of the molecule is Cc1noc(C)c1C[S@@](=O)[C@@H](C)C(=O)Nc1ccccc1. The van der Waals surface area contributed by atoms with Crippen LogP contribution in [0.2, 0.25) is 0 Å². The quantitative estimate of drug-likeness (QED) is 0.921. The van der Waals surface area contributed by atoms with Crippen molar-refractivity contribution in [2.24, 2.45) is 0 Å². The van der Waals surface area contributed by atoms with Crippen LogP contribution in [0.15, 0.2) is 34.9 Å². The first-order valence-corrected chi connectivity index (χ1v) is 8.02. The fourth-order valence-electron chi connectivity index (χ4n) is 1.86. The smallest absolute Gasteiger partial charge is 0.239 e. The third-order valence-electron chi connectivity index (χ3n) is 3.27. The number of rotatable bonds is 5. The largest absolute Gasteiger partial charge is 0.361 e. The molecule has 112 valence electrons. The Hall–Kier alpha value is -1.95. The number of nitrogens with zero attached hydrogens (tertiary/aromatic N) is 1. The molecule has 0 radical (unpaired) electrons. The lowest BCUT2D eigenvalue weighted by molar-refractivity contribution is -0.115. The molecule has 2 aromatic rings. The molecule has 0 spiro atoms. The van der Waals surface area contributed by atoms with Gasteiger partial charge in [0.15, 0.2) is 0 Å². The second-order valence-corrected chi connectivity index (χ2v) is 6.58. The lowest BCUT2D eigenvalue weighted by atomic mass is 10.2. The highest BCUT2D eigenvalue weighted by molar-refractivity contribution is 7.85. The van der Waals surface area contributed by atoms with Gasteiger partial charge in [0, 0.05) is 22.1 Å². The summed E-state index contributed by atoms with van der Waals surface area (Å²) < 4.78 is 17.4. The van der Waals surface area contributed by atoms with Crippen LogP contribution in [-0.4, -0.2) is 20.5 Å². The number of hydrogen-bond acceptors (Lipinski definition) is 4. The number of anilines is 1. The summed E-state index contributed by atoms with van der Waals surface area (Å²) >= 11 is 0. The van der Waals surface area contributed by atoms with Gasteiger partial charge in [0.25, 0.3) is 0 Å². The standard InChI is InChI=1S/C15H18N2O3S/c1-10-14(11(2)20-17-10)9-21(19)12(3)15(18)16-13-7-5-4-6-8-13/h4-8,12H,9H2,1-3H3,(H,16,18)/t12-,21+/m0/s1. The second kappa shape index (κ2) is 6.67. The zero-order valence-electron chi connectivity index (χ0n) is 12.3. The molecular formula is C15H18N2O3S. The summed E-state index contributed by atoms with van der Waals surface area (Å²) in [6.45, 7) is 5.24. The highest BCUT2D eigenvalue weighted by Crippen LogP contribution is 2.17. The number of benzene rings is 1. The van der Waals surface area contributed by atoms with Crippen molar-refractivity contribution >= 4 is 22.4 Å². The fraction of sp³-hybridized carbons (Fsp3) is 0.333. The van der Waals surface area contributed by atoms with Crippen LogP contribution >= 0.6 is 0 Å². The molecule has 5 nitrogen and oxygen atoms in total. The molecule has 0 saturated heterocycles. The first-order chi connectivity index (χ1) is 9.99. The van der Waals surface area contributed by atoms with Crippen molar-refractivity contribution in [2.45, 2.75) is 31.8 Å². The van der Waals surface area contributed by atoms with Gasteiger partial charge in [-0.05, 0) is 32.9 Å². The van der Waals surface area contributed by atoms with Crippen LogP contribution in [0.3, 0.4) is 0 Å². The summed E-state index contributed by atoms with van der Waals surface area (Å²) in [6.07, 6.45) is 0. The molecule has 1 amide bonds. The summed E-state index contributed by atoms with van der Waals surface area (Å²) in [4.78, 5) is 12.1. The molecule has 0 fully saturated rings. The van der Waals surface area contributed by atoms with Crippen molar-refractivity contribution in [2.75, 3.05) is 5.32 Å². The van der Waals surface area contributed by atoms with Crippen LogP contribution in [0.5, 0.6) is 0 Å². The molecule has 1 heterocycles. The average molecular weight is 306 g/mol. The number of hydrogen-bond donors (Lipinski definition) is 1. The van der Waals surface area contributed by atoms with E-state index in [1.165, 1.54) is 0 Å². The molecule has 2 atom stereocenters. The number of carbonyl (C=O) groups is 1. The van der Waals surface area contributed by atoms with Crippen molar-refractivity contribution in [1.82, 2.24) is 5.16 Å². The van der Waals surface area contributed by atoms with Crippen LogP contribution in [-0.2, 0) is 21.3 Å². The molecule has 2 rings (SSSR count). The van der Waals surface area contributed by atoms with E-state index in [4.69, 9.17) is 4.52 Å². The van der Waals surface area contributed by atoms with Gasteiger partial charge >= 0.3 is 0 Å². The van der Waals surface area contributed by atoms with Crippen molar-refractivity contribution in [3.05, 3.63) is 47.3 Å². The second-order valence-electron chi connectivity index (χ2n) is 4.83. The van der Waals surface area contributed by atoms with Crippen molar-refractivity contribution in [1.29, 1.82) is 0 Å². The van der Waals surface area contributed by atoms with Gasteiger partial charge < -0.3 is 9.84 Å². The van der Waals surface area contributed by atoms with E-state index < -0.39 is 16.0 Å². The van der Waals surface area contributed by atoms with E-state index >= 15 is 0 Å². The number of amides is 1. The molecular weight excluding hydrogens is 288 g/mol. The molecule has 1 N–H and O–H groups in total. The molecule has 0 unspecified atom stereocenters. The van der Waals surface area contributed by atoms with E-state index in [-0.39, 0.29) is 11.7 Å². The van der Waals surface area contributed by atoms with Crippen LogP contribution < -0.4 is 5.32 Å². The van der Waals surface area contributed by atoms with E-state index in [9.17, 15) is 9.00 Å². The highest BCUT2D eigenvalue weighted by Gasteiger charge is 2.22. The van der Waals surface area contributed by atoms with Crippen molar-refractivity contribution < 1.29 is 13.5 Å². The molecule has 0 aliphatic rings. The van der Waals surface area contributed by atoms with Crippen LogP contribution in [0, 0.1) is 13.8 Å². The van der Waals surface area contributed by atoms with Gasteiger partial charge in [-0.15, -0.1) is 0 Å². The molecule has 0 aliphatic heterocycles. The fourth-order valence-corrected chi connectivity index (χ4v) is 3.10. The summed E-state index contributed by atoms with van der Waals surface area (Å²) in [5.41, 5.74) is 2.23. The maximum Gasteiger partial charge on any atom is 0.239 e. The van der Waals surface area contributed by atoms with Crippen molar-refractivity contribution in [3.8, 4) is 0 Å². The Balaban J connectivity index is 2.01. The Labute approximate surface area is 126 Å². The molecule has 1 aromatic carbocycles. The molecule has 0 aliphatic carbocycles. The van der Waals surface area contributed by atoms with Crippen LogP contribution in [0.4, 0.5) is 5.69 Å². The third kappa shape index (κ3) is 3.78. The van der Waals surface area contributed by atoms with E-state index in [1.807, 2.05) is 18.2 Å². The molecule has 6 heteroatoms. The van der Waals surface area contributed by atoms with E-state index in [0.717, 1.165) is 11.3 Å². The summed E-state index contributed by atoms with van der Waals surface area (Å²) in [7, 11) is -1.33. The lowest BCUT2D eigenvalue weighted by Crippen LogP contribution is -2.29. The summed E-state index contributed by atoms with van der Waals surface area (Å²) in [5, 5.41) is 5.98. The maximum atomic E-state index is 12.3. The zero-order valence-corrected chi connectivity index (χ0v) is 13.1. The van der Waals surface area contributed by atoms with Gasteiger partial charge in [0.2, 0.25) is 5.91 Å². The minimum atomic E-state index is -1.33. The number of nitrogens with one attached hydrogen (secondary N) is 1. The Bertz CT molecular complexity index is 633. The van der Waals surface area contributed by atoms with Gasteiger partial charge in [0.1, 0.15) is 11.0 Å². The van der Waals surface area contributed by atoms with Gasteiger partial charge in [-0.2, -0.15) is 0 Å². The van der Waals surface area contributed by atoms with Crippen LogP contribution in [0.25, 0.3) is 0 Å². The first-order valence-electron chi connectivity index (χ1n) is 6.64. The van der Waals surface area contributed by atoms with Crippen molar-refractivity contribution in [3.63, 3.8) is 0 Å². The predicted octanol–water partition coefficient (Wildman–Crippen LogP) is 2.57. The minimum Gasteiger partial charge on any atom is -0.361 e. The molecule has 0 saturated carbocycles. The predicted molar refractivity (Wildman–Crippen MR) is 82.4 cm³/mol. The maximum absolute atomic E-state index is 12.3. The van der Waals surface area contributed by atoms with E-state index in [0.29, 0.717) is 11.4 Å². The molecule has 21 heavy (non-hydrogen) atoms. The molecule has 0 bridgehead atoms. The Morgan fingerprint density at radius 1 is 1.33 bits per heavy atom. The minimum absolute atomic E-state index is 0.258. The Kier molecular flexibility index (Phi) is 4.90. The number of carbonyl (C=O) groups excluding carboxylic acids is 1. The van der Waals surface area contributed by atoms with Gasteiger partial charge in [-0.25, -0.2) is 0 Å². The lowest BCUT2D eigenvalue weighted by Gasteiger charge is -2.12. The zero-order chi connectivity index (χ0) is 15.4. The summed E-state index contributed by atoms with van der Waals surface area (Å²) in [6, 6.07) is 9.13. The third-order valence-corrected chi connectivity index (χ3v) is 4.85. The van der Waals surface area contributed by atoms with Crippen LogP contribution in [0.1, 0.15) is 23.9 Å². The van der Waals surface area contributed by atoms with E-state index in [2.05, 4.69) is 10.5 Å².